The number of carbonyl (C=O) groups excluding carboxylic acids is 2. The zero-order chi connectivity index (χ0) is 21.0. The van der Waals surface area contributed by atoms with Gasteiger partial charge in [-0.25, -0.2) is 0 Å². The van der Waals surface area contributed by atoms with Gasteiger partial charge in [0, 0.05) is 5.02 Å². The molecule has 8 heteroatoms. The van der Waals surface area contributed by atoms with Crippen molar-refractivity contribution in [2.45, 2.75) is 19.9 Å². The van der Waals surface area contributed by atoms with Crippen LogP contribution in [0.1, 0.15) is 35.8 Å². The molecule has 2 amide bonds. The molecular weight excluding hydrogens is 415 g/mol. The molecule has 2 N–H and O–H groups in total. The van der Waals surface area contributed by atoms with Crippen LogP contribution in [0, 0.1) is 5.92 Å². The Morgan fingerprint density at radius 1 is 1.03 bits per heavy atom. The van der Waals surface area contributed by atoms with Crippen molar-refractivity contribution in [3.63, 3.8) is 0 Å². The maximum atomic E-state index is 12.5. The van der Waals surface area contributed by atoms with E-state index in [1.54, 1.807) is 6.07 Å². The summed E-state index contributed by atoms with van der Waals surface area (Å²) in [5.41, 5.74) is 1.17. The molecule has 0 bridgehead atoms. The lowest BCUT2D eigenvalue weighted by molar-refractivity contribution is -0.121. The van der Waals surface area contributed by atoms with Crippen LogP contribution in [0.3, 0.4) is 0 Å². The molecule has 0 unspecified atom stereocenters. The van der Waals surface area contributed by atoms with Crippen molar-refractivity contribution in [1.82, 2.24) is 10.6 Å². The Morgan fingerprint density at radius 2 is 1.76 bits per heavy atom. The first-order valence-electron chi connectivity index (χ1n) is 9.27. The maximum Gasteiger partial charge on any atom is 0.253 e. The first-order valence-corrected chi connectivity index (χ1v) is 10.0. The Morgan fingerprint density at radius 3 is 2.45 bits per heavy atom. The number of carbonyl (C=O) groups is 2. The SMILES string of the molecule is CC(C)[C@H](NC(=O)CNC(=O)c1ccc(Cl)cc1Cl)c1ccc2c(c1)OCCO2. The molecule has 0 radical (unpaired) electrons. The average molecular weight is 437 g/mol. The fourth-order valence-electron chi connectivity index (χ4n) is 3.04. The van der Waals surface area contributed by atoms with Crippen LogP contribution >= 0.6 is 23.2 Å². The van der Waals surface area contributed by atoms with Crippen LogP contribution in [-0.2, 0) is 4.79 Å². The number of rotatable bonds is 6. The monoisotopic (exact) mass is 436 g/mol. The van der Waals surface area contributed by atoms with E-state index in [9.17, 15) is 9.59 Å². The van der Waals surface area contributed by atoms with Gasteiger partial charge in [0.15, 0.2) is 11.5 Å². The number of benzene rings is 2. The van der Waals surface area contributed by atoms with Crippen molar-refractivity contribution in [1.29, 1.82) is 0 Å². The molecule has 2 aromatic rings. The number of amides is 2. The van der Waals surface area contributed by atoms with Crippen molar-refractivity contribution >= 4 is 35.0 Å². The van der Waals surface area contributed by atoms with Gasteiger partial charge in [-0.15, -0.1) is 0 Å². The number of ether oxygens (including phenoxy) is 2. The summed E-state index contributed by atoms with van der Waals surface area (Å²) in [5, 5.41) is 6.21. The molecule has 0 aromatic heterocycles. The Kier molecular flexibility index (Phi) is 6.87. The minimum atomic E-state index is -0.442. The first kappa shape index (κ1) is 21.3. The van der Waals surface area contributed by atoms with Crippen molar-refractivity contribution < 1.29 is 19.1 Å². The summed E-state index contributed by atoms with van der Waals surface area (Å²) >= 11 is 11.9. The minimum Gasteiger partial charge on any atom is -0.486 e. The molecule has 154 valence electrons. The highest BCUT2D eigenvalue weighted by atomic mass is 35.5. The second kappa shape index (κ2) is 9.37. The summed E-state index contributed by atoms with van der Waals surface area (Å²) < 4.78 is 11.2. The lowest BCUT2D eigenvalue weighted by Gasteiger charge is -2.25. The third-order valence-corrected chi connectivity index (χ3v) is 5.04. The Labute approximate surface area is 179 Å². The molecule has 1 heterocycles. The van der Waals surface area contributed by atoms with Gasteiger partial charge in [0.05, 0.1) is 23.2 Å². The predicted molar refractivity (Wildman–Crippen MR) is 112 cm³/mol. The highest BCUT2D eigenvalue weighted by molar-refractivity contribution is 6.36. The summed E-state index contributed by atoms with van der Waals surface area (Å²) in [5.74, 6) is 0.738. The summed E-state index contributed by atoms with van der Waals surface area (Å²) in [6, 6.07) is 9.96. The van der Waals surface area contributed by atoms with Crippen LogP contribution in [0.2, 0.25) is 10.0 Å². The first-order chi connectivity index (χ1) is 13.8. The number of hydrogen-bond acceptors (Lipinski definition) is 4. The van der Waals surface area contributed by atoms with E-state index in [2.05, 4.69) is 10.6 Å². The lowest BCUT2D eigenvalue weighted by Crippen LogP contribution is -2.40. The van der Waals surface area contributed by atoms with Crippen LogP contribution in [-0.4, -0.2) is 31.6 Å². The van der Waals surface area contributed by atoms with Gasteiger partial charge in [-0.05, 0) is 41.8 Å². The highest BCUT2D eigenvalue weighted by Gasteiger charge is 2.22. The van der Waals surface area contributed by atoms with Gasteiger partial charge in [0.2, 0.25) is 5.91 Å². The van der Waals surface area contributed by atoms with Crippen molar-refractivity contribution in [2.24, 2.45) is 5.92 Å². The molecule has 1 atom stereocenters. The normalized spacial score (nSPS) is 13.7. The van der Waals surface area contributed by atoms with Crippen LogP contribution < -0.4 is 20.1 Å². The second-order valence-corrected chi connectivity index (χ2v) is 7.84. The topological polar surface area (TPSA) is 76.7 Å². The van der Waals surface area contributed by atoms with Gasteiger partial charge in [0.25, 0.3) is 5.91 Å². The van der Waals surface area contributed by atoms with E-state index in [0.29, 0.717) is 29.7 Å². The second-order valence-electron chi connectivity index (χ2n) is 7.00. The fourth-order valence-corrected chi connectivity index (χ4v) is 3.54. The molecule has 1 aliphatic heterocycles. The molecule has 0 saturated heterocycles. The predicted octanol–water partition coefficient (Wildman–Crippen LogP) is 4.01. The van der Waals surface area contributed by atoms with Gasteiger partial charge >= 0.3 is 0 Å². The van der Waals surface area contributed by atoms with E-state index >= 15 is 0 Å². The van der Waals surface area contributed by atoms with E-state index in [1.165, 1.54) is 12.1 Å². The maximum absolute atomic E-state index is 12.5. The van der Waals surface area contributed by atoms with Gasteiger partial charge in [0.1, 0.15) is 13.2 Å². The summed E-state index contributed by atoms with van der Waals surface area (Å²) in [7, 11) is 0. The molecule has 0 saturated carbocycles. The van der Waals surface area contributed by atoms with Gasteiger partial charge < -0.3 is 20.1 Å². The molecule has 6 nitrogen and oxygen atoms in total. The molecule has 1 aliphatic rings. The van der Waals surface area contributed by atoms with E-state index in [0.717, 1.165) is 5.56 Å². The van der Waals surface area contributed by atoms with Gasteiger partial charge in [-0.2, -0.15) is 0 Å². The molecule has 3 rings (SSSR count). The third kappa shape index (κ3) is 5.34. The van der Waals surface area contributed by atoms with E-state index in [-0.39, 0.29) is 35.0 Å². The Hall–Kier alpha value is -2.44. The van der Waals surface area contributed by atoms with E-state index in [1.807, 2.05) is 32.0 Å². The summed E-state index contributed by atoms with van der Waals surface area (Å²) in [6.07, 6.45) is 0. The van der Waals surface area contributed by atoms with Gasteiger partial charge in [-0.3, -0.25) is 9.59 Å². The number of fused-ring (bicyclic) bond motifs is 1. The standard InChI is InChI=1S/C21H22Cl2N2O4/c1-12(2)20(13-3-6-17-18(9-13)29-8-7-28-17)25-19(26)11-24-21(27)15-5-4-14(22)10-16(15)23/h3-6,9-10,12,20H,7-8,11H2,1-2H3,(H,24,27)(H,25,26)/t20-/m0/s1. The molecule has 0 spiro atoms. The summed E-state index contributed by atoms with van der Waals surface area (Å²) in [6.45, 7) is 4.86. The van der Waals surface area contributed by atoms with E-state index in [4.69, 9.17) is 32.7 Å². The number of nitrogens with one attached hydrogen (secondary N) is 2. The minimum absolute atomic E-state index is 0.128. The summed E-state index contributed by atoms with van der Waals surface area (Å²) in [4.78, 5) is 24.7. The Bertz CT molecular complexity index is 918. The average Bonchev–Trinajstić information content (AvgIpc) is 2.69. The van der Waals surface area contributed by atoms with E-state index < -0.39 is 5.91 Å². The van der Waals surface area contributed by atoms with Crippen LogP contribution in [0.25, 0.3) is 0 Å². The fraction of sp³-hybridized carbons (Fsp3) is 0.333. The van der Waals surface area contributed by atoms with Crippen molar-refractivity contribution in [2.75, 3.05) is 19.8 Å². The van der Waals surface area contributed by atoms with Gasteiger partial charge in [-0.1, -0.05) is 43.1 Å². The van der Waals surface area contributed by atoms with Crippen LogP contribution in [0.5, 0.6) is 11.5 Å². The number of hydrogen-bond donors (Lipinski definition) is 2. The number of halogens is 2. The molecule has 0 aliphatic carbocycles. The zero-order valence-electron chi connectivity index (χ0n) is 16.1. The zero-order valence-corrected chi connectivity index (χ0v) is 17.6. The molecular formula is C21H22Cl2N2O4. The molecule has 29 heavy (non-hydrogen) atoms. The highest BCUT2D eigenvalue weighted by Crippen LogP contribution is 2.34. The largest absolute Gasteiger partial charge is 0.486 e. The smallest absolute Gasteiger partial charge is 0.253 e. The quantitative estimate of drug-likeness (QED) is 0.716. The molecule has 0 fully saturated rings. The van der Waals surface area contributed by atoms with Crippen LogP contribution in [0.15, 0.2) is 36.4 Å². The van der Waals surface area contributed by atoms with Crippen molar-refractivity contribution in [3.05, 3.63) is 57.6 Å². The van der Waals surface area contributed by atoms with Crippen molar-refractivity contribution in [3.8, 4) is 11.5 Å². The van der Waals surface area contributed by atoms with Crippen LogP contribution in [0.4, 0.5) is 0 Å². The Balaban J connectivity index is 1.63. The third-order valence-electron chi connectivity index (χ3n) is 4.49. The lowest BCUT2D eigenvalue weighted by atomic mass is 9.95. The molecule has 2 aromatic carbocycles.